The van der Waals surface area contributed by atoms with Crippen molar-refractivity contribution in [1.82, 2.24) is 0 Å². The second-order valence-corrected chi connectivity index (χ2v) is 4.75. The van der Waals surface area contributed by atoms with Crippen LogP contribution in [-0.2, 0) is 4.79 Å². The van der Waals surface area contributed by atoms with Gasteiger partial charge in [-0.3, -0.25) is 4.79 Å². The number of nitrogens with zero attached hydrogens (tertiary/aromatic N) is 1. The minimum atomic E-state index is -0.517. The fourth-order valence-corrected chi connectivity index (χ4v) is 1.92. The lowest BCUT2D eigenvalue weighted by Gasteiger charge is -2.20. The van der Waals surface area contributed by atoms with Gasteiger partial charge in [0.2, 0.25) is 5.91 Å². The van der Waals surface area contributed by atoms with Crippen molar-refractivity contribution in [2.45, 2.75) is 13.8 Å². The minimum Gasteiger partial charge on any atom is -0.399 e. The molecule has 2 rings (SSSR count). The molecule has 21 heavy (non-hydrogen) atoms. The van der Waals surface area contributed by atoms with Crippen molar-refractivity contribution in [3.8, 4) is 0 Å². The molecule has 0 aliphatic heterocycles. The van der Waals surface area contributed by atoms with Crippen LogP contribution in [0.3, 0.4) is 0 Å². The zero-order chi connectivity index (χ0) is 15.4. The average Bonchev–Trinajstić information content (AvgIpc) is 2.41. The Labute approximate surface area is 123 Å². The van der Waals surface area contributed by atoms with Crippen LogP contribution in [0.2, 0.25) is 0 Å². The zero-order valence-electron chi connectivity index (χ0n) is 12.0. The van der Waals surface area contributed by atoms with Gasteiger partial charge in [0.15, 0.2) is 0 Å². The zero-order valence-corrected chi connectivity index (χ0v) is 12.0. The Kier molecular flexibility index (Phi) is 4.23. The highest BCUT2D eigenvalue weighted by molar-refractivity contribution is 6.17. The van der Waals surface area contributed by atoms with Crippen molar-refractivity contribution in [3.05, 3.63) is 54.1 Å². The quantitative estimate of drug-likeness (QED) is 0.831. The number of carbonyl (C=O) groups excluding carboxylic acids is 2. The predicted octanol–water partition coefficient (Wildman–Crippen LogP) is 3.16. The largest absolute Gasteiger partial charge is 0.399 e. The van der Waals surface area contributed by atoms with Gasteiger partial charge < -0.3 is 11.1 Å². The molecule has 0 bridgehead atoms. The molecule has 0 aliphatic rings. The maximum atomic E-state index is 12.3. The van der Waals surface area contributed by atoms with E-state index < -0.39 is 6.03 Å². The van der Waals surface area contributed by atoms with E-state index in [9.17, 15) is 9.59 Å². The normalized spacial score (nSPS) is 10.0. The van der Waals surface area contributed by atoms with E-state index in [4.69, 9.17) is 5.73 Å². The monoisotopic (exact) mass is 283 g/mol. The van der Waals surface area contributed by atoms with Gasteiger partial charge >= 0.3 is 6.03 Å². The summed E-state index contributed by atoms with van der Waals surface area (Å²) in [6.07, 6.45) is 0. The van der Waals surface area contributed by atoms with Gasteiger partial charge in [0.25, 0.3) is 0 Å². The van der Waals surface area contributed by atoms with Crippen molar-refractivity contribution >= 4 is 29.0 Å². The van der Waals surface area contributed by atoms with Gasteiger partial charge in [-0.05, 0) is 37.3 Å². The summed E-state index contributed by atoms with van der Waals surface area (Å²) in [5.41, 5.74) is 8.34. The van der Waals surface area contributed by atoms with Crippen LogP contribution in [-0.4, -0.2) is 11.9 Å². The Hall–Kier alpha value is -2.82. The van der Waals surface area contributed by atoms with E-state index in [0.717, 1.165) is 10.5 Å². The number of benzene rings is 2. The van der Waals surface area contributed by atoms with Crippen LogP contribution in [0.1, 0.15) is 12.5 Å². The summed E-state index contributed by atoms with van der Waals surface area (Å²) in [6.45, 7) is 3.29. The summed E-state index contributed by atoms with van der Waals surface area (Å²) in [5.74, 6) is -0.384. The number of hydrogen-bond acceptors (Lipinski definition) is 3. The number of aryl methyl sites for hydroxylation is 1. The van der Waals surface area contributed by atoms with Gasteiger partial charge in [0.05, 0.1) is 5.69 Å². The lowest BCUT2D eigenvalue weighted by molar-refractivity contribution is -0.115. The van der Waals surface area contributed by atoms with Crippen molar-refractivity contribution < 1.29 is 9.59 Å². The van der Waals surface area contributed by atoms with Crippen molar-refractivity contribution in [2.75, 3.05) is 16.0 Å². The molecular weight excluding hydrogens is 266 g/mol. The van der Waals surface area contributed by atoms with Gasteiger partial charge in [-0.15, -0.1) is 0 Å². The maximum Gasteiger partial charge on any atom is 0.333 e. The van der Waals surface area contributed by atoms with E-state index in [1.54, 1.807) is 36.4 Å². The van der Waals surface area contributed by atoms with E-state index in [1.807, 2.05) is 19.1 Å². The fraction of sp³-hybridized carbons (Fsp3) is 0.125. The highest BCUT2D eigenvalue weighted by Crippen LogP contribution is 2.19. The van der Waals surface area contributed by atoms with Crippen molar-refractivity contribution in [2.24, 2.45) is 0 Å². The minimum absolute atomic E-state index is 0.384. The lowest BCUT2D eigenvalue weighted by Crippen LogP contribution is -2.38. The molecular formula is C16H17N3O2. The molecule has 0 saturated heterocycles. The van der Waals surface area contributed by atoms with Crippen LogP contribution >= 0.6 is 0 Å². The van der Waals surface area contributed by atoms with Crippen molar-refractivity contribution in [3.63, 3.8) is 0 Å². The highest BCUT2D eigenvalue weighted by atomic mass is 16.2. The third-order valence-corrected chi connectivity index (χ3v) is 2.95. The second-order valence-electron chi connectivity index (χ2n) is 4.75. The van der Waals surface area contributed by atoms with E-state index in [1.165, 1.54) is 6.92 Å². The average molecular weight is 283 g/mol. The SMILES string of the molecule is CC(=O)N(C(=O)Nc1ccc(C)cc1)c1cccc(N)c1. The van der Waals surface area contributed by atoms with Crippen LogP contribution in [0.25, 0.3) is 0 Å². The number of rotatable bonds is 2. The van der Waals surface area contributed by atoms with Gasteiger partial charge in [-0.1, -0.05) is 23.8 Å². The molecule has 0 aliphatic carbocycles. The molecule has 0 aromatic heterocycles. The molecule has 3 amide bonds. The molecule has 0 radical (unpaired) electrons. The standard InChI is InChI=1S/C16H17N3O2/c1-11-6-8-14(9-7-11)18-16(21)19(12(2)20)15-5-3-4-13(17)10-15/h3-10H,17H2,1-2H3,(H,18,21). The molecule has 0 heterocycles. The van der Waals surface area contributed by atoms with Crippen LogP contribution in [0, 0.1) is 6.92 Å². The summed E-state index contributed by atoms with van der Waals surface area (Å²) >= 11 is 0. The Morgan fingerprint density at radius 1 is 1.10 bits per heavy atom. The third kappa shape index (κ3) is 3.60. The smallest absolute Gasteiger partial charge is 0.333 e. The molecule has 0 unspecified atom stereocenters. The molecule has 0 fully saturated rings. The summed E-state index contributed by atoms with van der Waals surface area (Å²) in [4.78, 5) is 25.1. The van der Waals surface area contributed by atoms with Crippen LogP contribution in [0.15, 0.2) is 48.5 Å². The topological polar surface area (TPSA) is 75.4 Å². The molecule has 5 heteroatoms. The Morgan fingerprint density at radius 2 is 1.76 bits per heavy atom. The number of imide groups is 1. The van der Waals surface area contributed by atoms with E-state index >= 15 is 0 Å². The van der Waals surface area contributed by atoms with E-state index in [-0.39, 0.29) is 5.91 Å². The predicted molar refractivity (Wildman–Crippen MR) is 84.2 cm³/mol. The number of nitrogen functional groups attached to an aromatic ring is 1. The van der Waals surface area contributed by atoms with Crippen LogP contribution in [0.5, 0.6) is 0 Å². The Balaban J connectivity index is 2.24. The van der Waals surface area contributed by atoms with Crippen LogP contribution < -0.4 is 16.0 Å². The van der Waals surface area contributed by atoms with E-state index in [2.05, 4.69) is 5.32 Å². The number of amides is 3. The van der Waals surface area contributed by atoms with Gasteiger partial charge in [0.1, 0.15) is 0 Å². The first-order valence-electron chi connectivity index (χ1n) is 6.51. The molecule has 3 N–H and O–H groups in total. The molecule has 0 atom stereocenters. The molecule has 2 aromatic rings. The maximum absolute atomic E-state index is 12.3. The summed E-state index contributed by atoms with van der Waals surface area (Å²) < 4.78 is 0. The fourth-order valence-electron chi connectivity index (χ4n) is 1.92. The first-order valence-corrected chi connectivity index (χ1v) is 6.51. The summed E-state index contributed by atoms with van der Waals surface area (Å²) in [6, 6.07) is 13.4. The first-order chi connectivity index (χ1) is 9.97. The molecule has 2 aromatic carbocycles. The Bertz CT molecular complexity index is 665. The highest BCUT2D eigenvalue weighted by Gasteiger charge is 2.20. The Morgan fingerprint density at radius 3 is 2.33 bits per heavy atom. The first kappa shape index (κ1) is 14.6. The number of nitrogens with two attached hydrogens (primary N) is 1. The molecule has 5 nitrogen and oxygen atoms in total. The van der Waals surface area contributed by atoms with Gasteiger partial charge in [-0.25, -0.2) is 9.69 Å². The van der Waals surface area contributed by atoms with Gasteiger partial charge in [0, 0.05) is 18.3 Å². The molecule has 0 spiro atoms. The number of urea groups is 1. The number of nitrogens with one attached hydrogen (secondary N) is 1. The molecule has 108 valence electrons. The van der Waals surface area contributed by atoms with Gasteiger partial charge in [-0.2, -0.15) is 0 Å². The summed E-state index contributed by atoms with van der Waals surface area (Å²) in [7, 11) is 0. The van der Waals surface area contributed by atoms with Crippen LogP contribution in [0.4, 0.5) is 21.9 Å². The number of hydrogen-bond donors (Lipinski definition) is 2. The van der Waals surface area contributed by atoms with Crippen molar-refractivity contribution in [1.29, 1.82) is 0 Å². The second kappa shape index (κ2) is 6.09. The summed E-state index contributed by atoms with van der Waals surface area (Å²) in [5, 5.41) is 2.69. The number of anilines is 3. The van der Waals surface area contributed by atoms with E-state index in [0.29, 0.717) is 17.1 Å². The third-order valence-electron chi connectivity index (χ3n) is 2.95. The molecule has 0 saturated carbocycles. The number of carbonyl (C=O) groups is 2. The lowest BCUT2D eigenvalue weighted by atomic mass is 10.2.